The van der Waals surface area contributed by atoms with Crippen LogP contribution >= 0.6 is 0 Å². The van der Waals surface area contributed by atoms with Crippen molar-refractivity contribution < 1.29 is 29.0 Å². The molecular weight excluding hydrogens is 366 g/mol. The van der Waals surface area contributed by atoms with Crippen molar-refractivity contribution in [2.24, 2.45) is 0 Å². The van der Waals surface area contributed by atoms with Gasteiger partial charge in [-0.2, -0.15) is 0 Å². The maximum Gasteiger partial charge on any atom is 0.410 e. The quantitative estimate of drug-likeness (QED) is 0.623. The van der Waals surface area contributed by atoms with Gasteiger partial charge in [-0.15, -0.1) is 0 Å². The number of morpholine rings is 1. The number of carbonyl (C=O) groups is 3. The molecule has 1 aromatic carbocycles. The molecule has 0 bridgehead atoms. The molecule has 0 unspecified atom stereocenters. The van der Waals surface area contributed by atoms with Crippen molar-refractivity contribution in [3.05, 3.63) is 35.4 Å². The van der Waals surface area contributed by atoms with E-state index < -0.39 is 18.1 Å². The molecule has 28 heavy (non-hydrogen) atoms. The molecule has 2 heterocycles. The van der Waals surface area contributed by atoms with E-state index in [1.807, 2.05) is 0 Å². The molecule has 2 amide bonds. The summed E-state index contributed by atoms with van der Waals surface area (Å²) in [6.07, 6.45) is 0.278. The van der Waals surface area contributed by atoms with Gasteiger partial charge in [0.25, 0.3) is 0 Å². The van der Waals surface area contributed by atoms with Crippen molar-refractivity contribution in [1.82, 2.24) is 15.1 Å². The number of carbonyl (C=O) groups excluding carboxylic acids is 2. The van der Waals surface area contributed by atoms with Crippen molar-refractivity contribution in [2.75, 3.05) is 46.0 Å². The smallest absolute Gasteiger partial charge is 0.410 e. The number of aromatic carboxylic acids is 1. The lowest BCUT2D eigenvalue weighted by atomic mass is 10.1. The first-order chi connectivity index (χ1) is 13.5. The maximum atomic E-state index is 12.5. The second-order valence-corrected chi connectivity index (χ2v) is 6.82. The summed E-state index contributed by atoms with van der Waals surface area (Å²) in [4.78, 5) is 39.1. The molecule has 3 rings (SSSR count). The van der Waals surface area contributed by atoms with Crippen LogP contribution in [0.15, 0.2) is 24.3 Å². The number of nitrogens with one attached hydrogen (secondary N) is 1. The highest BCUT2D eigenvalue weighted by Crippen LogP contribution is 2.17. The third-order valence-electron chi connectivity index (χ3n) is 4.89. The minimum absolute atomic E-state index is 0.0152. The number of cyclic esters (lactones) is 1. The molecular formula is C19H25N3O6. The van der Waals surface area contributed by atoms with Crippen molar-refractivity contribution in [2.45, 2.75) is 19.0 Å². The highest BCUT2D eigenvalue weighted by atomic mass is 16.6. The normalized spacial score (nSPS) is 20.1. The van der Waals surface area contributed by atoms with Gasteiger partial charge >= 0.3 is 12.1 Å². The van der Waals surface area contributed by atoms with Crippen LogP contribution in [-0.2, 0) is 20.8 Å². The molecule has 1 atom stereocenters. The molecule has 9 heteroatoms. The predicted octanol–water partition coefficient (Wildman–Crippen LogP) is 0.544. The number of rotatable bonds is 8. The fraction of sp³-hybridized carbons (Fsp3) is 0.526. The molecule has 2 N–H and O–H groups in total. The van der Waals surface area contributed by atoms with Crippen molar-refractivity contribution in [3.8, 4) is 0 Å². The molecule has 2 aliphatic heterocycles. The largest absolute Gasteiger partial charge is 0.478 e. The zero-order valence-corrected chi connectivity index (χ0v) is 15.6. The zero-order chi connectivity index (χ0) is 19.9. The Morgan fingerprint density at radius 2 is 1.89 bits per heavy atom. The van der Waals surface area contributed by atoms with Crippen LogP contribution in [0.5, 0.6) is 0 Å². The number of hydrogen-bond acceptors (Lipinski definition) is 6. The number of carboxylic acids is 1. The van der Waals surface area contributed by atoms with Crippen LogP contribution < -0.4 is 5.32 Å². The maximum absolute atomic E-state index is 12.5. The number of ether oxygens (including phenoxy) is 2. The Morgan fingerprint density at radius 1 is 1.18 bits per heavy atom. The van der Waals surface area contributed by atoms with Crippen molar-refractivity contribution >= 4 is 18.0 Å². The minimum atomic E-state index is -1.01. The molecule has 1 aromatic rings. The molecule has 9 nitrogen and oxygen atoms in total. The lowest BCUT2D eigenvalue weighted by Crippen LogP contribution is -2.46. The highest BCUT2D eigenvalue weighted by molar-refractivity contribution is 5.88. The Hall–Kier alpha value is -2.65. The van der Waals surface area contributed by atoms with Gasteiger partial charge in [-0.25, -0.2) is 9.59 Å². The van der Waals surface area contributed by atoms with E-state index >= 15 is 0 Å². The average Bonchev–Trinajstić information content (AvgIpc) is 3.07. The van der Waals surface area contributed by atoms with Crippen LogP contribution in [0.25, 0.3) is 0 Å². The Kier molecular flexibility index (Phi) is 6.83. The number of nitrogens with zero attached hydrogens (tertiary/aromatic N) is 2. The van der Waals surface area contributed by atoms with Crippen molar-refractivity contribution in [3.63, 3.8) is 0 Å². The zero-order valence-electron chi connectivity index (χ0n) is 15.6. The molecule has 0 aliphatic carbocycles. The van der Waals surface area contributed by atoms with Crippen LogP contribution in [-0.4, -0.2) is 84.9 Å². The fourth-order valence-corrected chi connectivity index (χ4v) is 3.25. The van der Waals surface area contributed by atoms with Crippen LogP contribution in [0.4, 0.5) is 4.79 Å². The number of carboxylic acid groups (broad SMARTS) is 1. The van der Waals surface area contributed by atoms with Gasteiger partial charge in [0.15, 0.2) is 0 Å². The standard InChI is InChI=1S/C19H25N3O6/c23-17(20-6-1-7-21-8-10-27-11-9-21)16-13-28-19(26)22(16)12-14-2-4-15(5-3-14)18(24)25/h2-5,16H,1,6-13H2,(H,20,23)(H,24,25)/t16-/m0/s1. The third kappa shape index (κ3) is 5.20. The number of benzene rings is 1. The molecule has 0 saturated carbocycles. The van der Waals surface area contributed by atoms with E-state index in [-0.39, 0.29) is 24.6 Å². The van der Waals surface area contributed by atoms with E-state index in [1.54, 1.807) is 12.1 Å². The topological polar surface area (TPSA) is 108 Å². The fourth-order valence-electron chi connectivity index (χ4n) is 3.25. The first-order valence-corrected chi connectivity index (χ1v) is 9.38. The summed E-state index contributed by atoms with van der Waals surface area (Å²) in [5.41, 5.74) is 0.899. The lowest BCUT2D eigenvalue weighted by Gasteiger charge is -2.26. The summed E-state index contributed by atoms with van der Waals surface area (Å²) in [6, 6.07) is 5.52. The molecule has 0 radical (unpaired) electrons. The highest BCUT2D eigenvalue weighted by Gasteiger charge is 2.37. The second-order valence-electron chi connectivity index (χ2n) is 6.82. The average molecular weight is 391 g/mol. The van der Waals surface area contributed by atoms with Gasteiger partial charge in [0.2, 0.25) is 5.91 Å². The minimum Gasteiger partial charge on any atom is -0.478 e. The number of amides is 2. The van der Waals surface area contributed by atoms with Gasteiger partial charge in [-0.3, -0.25) is 14.6 Å². The first kappa shape index (κ1) is 20.1. The summed E-state index contributed by atoms with van der Waals surface area (Å²) in [5, 5.41) is 11.8. The Morgan fingerprint density at radius 3 is 2.57 bits per heavy atom. The Balaban J connectivity index is 1.48. The van der Waals surface area contributed by atoms with Gasteiger partial charge in [-0.1, -0.05) is 12.1 Å². The van der Waals surface area contributed by atoms with E-state index in [0.29, 0.717) is 6.54 Å². The van der Waals surface area contributed by atoms with Gasteiger partial charge in [-0.05, 0) is 30.7 Å². The van der Waals surface area contributed by atoms with E-state index in [1.165, 1.54) is 17.0 Å². The Bertz CT molecular complexity index is 702. The number of hydrogen-bond donors (Lipinski definition) is 2. The summed E-state index contributed by atoms with van der Waals surface area (Å²) < 4.78 is 10.4. The van der Waals surface area contributed by atoms with Crippen LogP contribution in [0.2, 0.25) is 0 Å². The van der Waals surface area contributed by atoms with Crippen LogP contribution in [0.3, 0.4) is 0 Å². The first-order valence-electron chi connectivity index (χ1n) is 9.38. The molecule has 2 fully saturated rings. The van der Waals surface area contributed by atoms with E-state index in [2.05, 4.69) is 10.2 Å². The van der Waals surface area contributed by atoms with Crippen LogP contribution in [0.1, 0.15) is 22.3 Å². The van der Waals surface area contributed by atoms with Crippen LogP contribution in [0, 0.1) is 0 Å². The summed E-state index contributed by atoms with van der Waals surface area (Å²) in [5.74, 6) is -1.25. The Labute approximate surface area is 163 Å². The summed E-state index contributed by atoms with van der Waals surface area (Å²) >= 11 is 0. The monoisotopic (exact) mass is 391 g/mol. The molecule has 2 aliphatic rings. The SMILES string of the molecule is O=C(O)c1ccc(CN2C(=O)OC[C@H]2C(=O)NCCCN2CCOCC2)cc1. The molecule has 2 saturated heterocycles. The van der Waals surface area contributed by atoms with Gasteiger partial charge < -0.3 is 19.9 Å². The summed E-state index contributed by atoms with van der Waals surface area (Å²) in [7, 11) is 0. The van der Waals surface area contributed by atoms with E-state index in [0.717, 1.165) is 44.8 Å². The molecule has 152 valence electrons. The van der Waals surface area contributed by atoms with Gasteiger partial charge in [0.05, 0.1) is 25.3 Å². The van der Waals surface area contributed by atoms with E-state index in [4.69, 9.17) is 14.6 Å². The summed E-state index contributed by atoms with van der Waals surface area (Å²) in [6.45, 7) is 4.94. The lowest BCUT2D eigenvalue weighted by molar-refractivity contribution is -0.125. The third-order valence-corrected chi connectivity index (χ3v) is 4.89. The predicted molar refractivity (Wildman–Crippen MR) is 99.0 cm³/mol. The molecule has 0 aromatic heterocycles. The van der Waals surface area contributed by atoms with Gasteiger partial charge in [0.1, 0.15) is 12.6 Å². The van der Waals surface area contributed by atoms with E-state index in [9.17, 15) is 14.4 Å². The second kappa shape index (κ2) is 9.52. The molecule has 0 spiro atoms. The van der Waals surface area contributed by atoms with Crippen molar-refractivity contribution in [1.29, 1.82) is 0 Å². The van der Waals surface area contributed by atoms with Gasteiger partial charge in [0, 0.05) is 19.6 Å².